The number of aliphatic imine (C=N–C) groups is 1. The van der Waals surface area contributed by atoms with Crippen LogP contribution in [0.3, 0.4) is 0 Å². The van der Waals surface area contributed by atoms with Gasteiger partial charge in [-0.05, 0) is 65.7 Å². The normalized spacial score (nSPS) is 20.2. The maximum atomic E-state index is 5.27. The van der Waals surface area contributed by atoms with Crippen molar-refractivity contribution < 1.29 is 0 Å². The van der Waals surface area contributed by atoms with Crippen LogP contribution in [0.5, 0.6) is 0 Å². The van der Waals surface area contributed by atoms with Gasteiger partial charge >= 0.3 is 0 Å². The van der Waals surface area contributed by atoms with E-state index in [2.05, 4.69) is 149 Å². The van der Waals surface area contributed by atoms with E-state index < -0.39 is 0 Å². The van der Waals surface area contributed by atoms with E-state index in [0.717, 1.165) is 101 Å². The van der Waals surface area contributed by atoms with Crippen LogP contribution >= 0.6 is 0 Å². The van der Waals surface area contributed by atoms with Crippen molar-refractivity contribution in [1.29, 1.82) is 0 Å². The number of imidazole rings is 1. The van der Waals surface area contributed by atoms with Crippen molar-refractivity contribution in [1.82, 2.24) is 36.1 Å². The Bertz CT molecular complexity index is 2190. The zero-order valence-corrected chi connectivity index (χ0v) is 27.9. The molecule has 2 unspecified atom stereocenters. The Morgan fingerprint density at radius 2 is 1.18 bits per heavy atom. The average molecular weight is 675 g/mol. The molecular weight excluding hydrogens is 637 g/mol. The lowest BCUT2D eigenvalue weighted by atomic mass is 9.99. The average Bonchev–Trinajstić information content (AvgIpc) is 3.91. The van der Waals surface area contributed by atoms with Gasteiger partial charge in [-0.2, -0.15) is 0 Å². The minimum Gasteiger partial charge on any atom is -0.367 e. The monoisotopic (exact) mass is 674 g/mol. The van der Waals surface area contributed by atoms with Crippen LogP contribution in [-0.4, -0.2) is 48.5 Å². The third kappa shape index (κ3) is 4.98. The van der Waals surface area contributed by atoms with Crippen molar-refractivity contribution in [2.24, 2.45) is 4.99 Å². The minimum absolute atomic E-state index is 0.203. The summed E-state index contributed by atoms with van der Waals surface area (Å²) >= 11 is 0. The Morgan fingerprint density at radius 3 is 1.92 bits per heavy atom. The minimum atomic E-state index is -0.240. The van der Waals surface area contributed by atoms with Gasteiger partial charge in [-0.15, -0.1) is 0 Å². The predicted octanol–water partition coefficient (Wildman–Crippen LogP) is 4.71. The van der Waals surface area contributed by atoms with Crippen molar-refractivity contribution >= 4 is 29.2 Å². The summed E-state index contributed by atoms with van der Waals surface area (Å²) in [7, 11) is 0. The smallest absolute Gasteiger partial charge is 0.175 e. The molecule has 0 saturated heterocycles. The van der Waals surface area contributed by atoms with E-state index in [1.807, 2.05) is 18.3 Å². The first kappa shape index (κ1) is 29.4. The van der Waals surface area contributed by atoms with Gasteiger partial charge in [-0.3, -0.25) is 9.47 Å². The van der Waals surface area contributed by atoms with Crippen LogP contribution in [0.2, 0.25) is 0 Å². The quantitative estimate of drug-likeness (QED) is 0.136. The first-order valence-electron chi connectivity index (χ1n) is 17.6. The van der Waals surface area contributed by atoms with Crippen molar-refractivity contribution in [3.8, 4) is 17.1 Å². The fourth-order valence-corrected chi connectivity index (χ4v) is 7.64. The molecule has 2 atom stereocenters. The molecule has 12 heteroatoms. The summed E-state index contributed by atoms with van der Waals surface area (Å²) < 4.78 is 2.24. The third-order valence-corrected chi connectivity index (χ3v) is 9.85. The Kier molecular flexibility index (Phi) is 6.96. The summed E-state index contributed by atoms with van der Waals surface area (Å²) in [5, 5.41) is 25.6. The van der Waals surface area contributed by atoms with Crippen LogP contribution in [-0.2, 0) is 0 Å². The van der Waals surface area contributed by atoms with Crippen LogP contribution < -0.4 is 47.0 Å². The molecule has 4 aromatic carbocycles. The van der Waals surface area contributed by atoms with Crippen molar-refractivity contribution in [3.63, 3.8) is 0 Å². The number of rotatable bonds is 6. The molecule has 0 fully saturated rings. The molecule has 0 radical (unpaired) electrons. The summed E-state index contributed by atoms with van der Waals surface area (Å²) in [5.41, 5.74) is 6.37. The summed E-state index contributed by atoms with van der Waals surface area (Å²) in [5.74, 6) is 6.50. The topological polar surface area (TPSA) is 121 Å². The molecule has 0 aliphatic carbocycles. The summed E-state index contributed by atoms with van der Waals surface area (Å²) in [6, 6.07) is 38.4. The molecule has 0 spiro atoms. The highest BCUT2D eigenvalue weighted by Gasteiger charge is 2.39. The molecule has 1 aromatic heterocycles. The molecule has 5 aromatic rings. The Balaban J connectivity index is 1.18. The van der Waals surface area contributed by atoms with Gasteiger partial charge in [0, 0.05) is 55.0 Å². The Labute approximate surface area is 296 Å². The highest BCUT2D eigenvalue weighted by molar-refractivity contribution is 5.76. The first-order valence-corrected chi connectivity index (χ1v) is 17.6. The van der Waals surface area contributed by atoms with E-state index in [-0.39, 0.29) is 12.3 Å². The van der Waals surface area contributed by atoms with E-state index in [1.54, 1.807) is 0 Å². The fraction of sp³-hybridized carbons (Fsp3) is 0.179. The number of aromatic nitrogens is 2. The second-order valence-electron chi connectivity index (χ2n) is 13.0. The van der Waals surface area contributed by atoms with Gasteiger partial charge in [0.15, 0.2) is 17.5 Å². The third-order valence-electron chi connectivity index (χ3n) is 9.85. The van der Waals surface area contributed by atoms with Crippen LogP contribution in [0.15, 0.2) is 137 Å². The number of para-hydroxylation sites is 3. The lowest BCUT2D eigenvalue weighted by molar-refractivity contribution is 0.603. The lowest BCUT2D eigenvalue weighted by Gasteiger charge is -2.32. The summed E-state index contributed by atoms with van der Waals surface area (Å²) in [4.78, 5) is 14.8. The molecule has 0 bridgehead atoms. The molecule has 12 nitrogen and oxygen atoms in total. The van der Waals surface area contributed by atoms with Gasteiger partial charge in [0.1, 0.15) is 35.6 Å². The highest BCUT2D eigenvalue weighted by atomic mass is 15.4. The van der Waals surface area contributed by atoms with E-state index in [0.29, 0.717) is 6.54 Å². The van der Waals surface area contributed by atoms with Gasteiger partial charge in [0.25, 0.3) is 0 Å². The van der Waals surface area contributed by atoms with Crippen LogP contribution in [0.4, 0.5) is 23.0 Å². The van der Waals surface area contributed by atoms with Crippen molar-refractivity contribution in [2.45, 2.75) is 12.3 Å². The highest BCUT2D eigenvalue weighted by Crippen LogP contribution is 2.43. The van der Waals surface area contributed by atoms with Gasteiger partial charge < -0.3 is 42.1 Å². The molecule has 0 amide bonds. The van der Waals surface area contributed by atoms with E-state index >= 15 is 0 Å². The van der Waals surface area contributed by atoms with Gasteiger partial charge in [0.05, 0.1) is 6.54 Å². The molecule has 10 rings (SSSR count). The van der Waals surface area contributed by atoms with E-state index in [9.17, 15) is 0 Å². The zero-order chi connectivity index (χ0) is 33.7. The van der Waals surface area contributed by atoms with Crippen LogP contribution in [0.25, 0.3) is 17.1 Å². The molecular formula is C39H38N12. The molecule has 51 heavy (non-hydrogen) atoms. The second kappa shape index (κ2) is 12.1. The largest absolute Gasteiger partial charge is 0.367 e. The lowest BCUT2D eigenvalue weighted by Crippen LogP contribution is -2.39. The zero-order valence-electron chi connectivity index (χ0n) is 27.9. The fourth-order valence-electron chi connectivity index (χ4n) is 7.64. The van der Waals surface area contributed by atoms with Gasteiger partial charge in [-0.25, -0.2) is 9.98 Å². The molecule has 7 N–H and O–H groups in total. The molecule has 5 aliphatic heterocycles. The number of hydrogen-bond acceptors (Lipinski definition) is 11. The van der Waals surface area contributed by atoms with Gasteiger partial charge in [0.2, 0.25) is 0 Å². The summed E-state index contributed by atoms with van der Waals surface area (Å²) in [6.07, 6.45) is 1.49. The summed E-state index contributed by atoms with van der Waals surface area (Å²) in [6.45, 7) is 3.97. The number of benzene rings is 4. The standard InChI is InChI=1S/C39H38N12/c1-4-10-28(11-5-1)49-34(46-31-37(49)43-19-16-40-31)25-22-26(35-47-32-38(44-20-17-41-32)50(35)29-12-6-2-7-13-29)24-27(23-25)36-48-33-39(45-21-18-42-33)51(36)30-14-8-3-9-15-30/h1-15,19,22-24,34-35,40-42,44-47H,16-18,20-21H2. The number of anilines is 4. The number of nitrogens with one attached hydrogen (secondary N) is 7. The molecule has 254 valence electrons. The van der Waals surface area contributed by atoms with Crippen LogP contribution in [0.1, 0.15) is 23.5 Å². The Morgan fingerprint density at radius 1 is 0.569 bits per heavy atom. The van der Waals surface area contributed by atoms with E-state index in [1.165, 1.54) is 0 Å². The van der Waals surface area contributed by atoms with Crippen molar-refractivity contribution in [3.05, 3.63) is 144 Å². The number of hydrogen-bond donors (Lipinski definition) is 7. The van der Waals surface area contributed by atoms with Crippen LogP contribution in [0, 0.1) is 0 Å². The molecule has 5 aliphatic rings. The first-order chi connectivity index (χ1) is 25.3. The number of nitrogens with zero attached hydrogens (tertiary/aromatic N) is 5. The van der Waals surface area contributed by atoms with Gasteiger partial charge in [-0.1, -0.05) is 54.6 Å². The van der Waals surface area contributed by atoms with Crippen molar-refractivity contribution in [2.75, 3.05) is 53.2 Å². The van der Waals surface area contributed by atoms with E-state index in [4.69, 9.17) is 9.98 Å². The second-order valence-corrected chi connectivity index (χ2v) is 13.0. The molecule has 6 heterocycles. The maximum absolute atomic E-state index is 5.27. The Hall–Kier alpha value is -6.56. The maximum Gasteiger partial charge on any atom is 0.175 e. The molecule has 0 saturated carbocycles. The SMILES string of the molecule is C1=NC2=C(NC1)NC(c1cc(-c3nc4c(n3-c3ccccc3)NCCN4)cc(C3NC4=C(NCCN4)N3c3ccccc3)c1)N2c1ccccc1. The predicted molar refractivity (Wildman–Crippen MR) is 202 cm³/mol. The number of fused-ring (bicyclic) bond motifs is 1.